The van der Waals surface area contributed by atoms with E-state index in [0.29, 0.717) is 18.2 Å². The highest BCUT2D eigenvalue weighted by atomic mass is 32.2. The van der Waals surface area contributed by atoms with E-state index < -0.39 is 0 Å². The van der Waals surface area contributed by atoms with Crippen LogP contribution in [-0.4, -0.2) is 21.3 Å². The summed E-state index contributed by atoms with van der Waals surface area (Å²) in [6.45, 7) is 3.05. The van der Waals surface area contributed by atoms with E-state index in [0.717, 1.165) is 0 Å². The molecule has 0 spiro atoms. The Morgan fingerprint density at radius 3 is 3.12 bits per heavy atom. The van der Waals surface area contributed by atoms with Gasteiger partial charge in [-0.1, -0.05) is 17.8 Å². The summed E-state index contributed by atoms with van der Waals surface area (Å²) in [6, 6.07) is 4.05. The van der Waals surface area contributed by atoms with Gasteiger partial charge in [0.2, 0.25) is 0 Å². The summed E-state index contributed by atoms with van der Waals surface area (Å²) in [5.74, 6) is 0. The van der Waals surface area contributed by atoms with Crippen molar-refractivity contribution in [1.82, 2.24) is 14.8 Å². The van der Waals surface area contributed by atoms with Gasteiger partial charge in [-0.2, -0.15) is 0 Å². The van der Waals surface area contributed by atoms with E-state index in [1.807, 2.05) is 18.4 Å². The van der Waals surface area contributed by atoms with Gasteiger partial charge >= 0.3 is 5.69 Å². The van der Waals surface area contributed by atoms with Crippen molar-refractivity contribution in [1.29, 1.82) is 0 Å². The normalized spacial score (nSPS) is 12.8. The minimum absolute atomic E-state index is 0.149. The molecule has 0 bridgehead atoms. The van der Waals surface area contributed by atoms with Crippen molar-refractivity contribution < 1.29 is 0 Å². The summed E-state index contributed by atoms with van der Waals surface area (Å²) in [7, 11) is 0. The van der Waals surface area contributed by atoms with Crippen LogP contribution in [0.5, 0.6) is 0 Å². The second-order valence-electron chi connectivity index (χ2n) is 3.41. The maximum Gasteiger partial charge on any atom is 0.343 e. The van der Waals surface area contributed by atoms with Gasteiger partial charge in [-0.3, -0.25) is 4.57 Å². The van der Waals surface area contributed by atoms with Gasteiger partial charge in [-0.25, -0.2) is 9.89 Å². The molecular weight excluding hydrogens is 256 g/mol. The molecule has 0 saturated heterocycles. The zero-order chi connectivity index (χ0) is 12.3. The van der Waals surface area contributed by atoms with Gasteiger partial charge in [0, 0.05) is 18.0 Å². The standard InChI is InChI=1S/C10H14N4OS2/c1-2-14-9(15)12-13-10(14)17-8(6-11)7-4-3-5-16-7/h3-5,8H,2,6,11H2,1H3,(H,12,15). The Morgan fingerprint density at radius 2 is 2.53 bits per heavy atom. The molecule has 0 aliphatic heterocycles. The van der Waals surface area contributed by atoms with Gasteiger partial charge < -0.3 is 5.73 Å². The third kappa shape index (κ3) is 2.62. The second kappa shape index (κ2) is 5.52. The Morgan fingerprint density at radius 1 is 1.71 bits per heavy atom. The molecule has 1 atom stereocenters. The first-order valence-electron chi connectivity index (χ1n) is 5.31. The summed E-state index contributed by atoms with van der Waals surface area (Å²) in [5, 5.41) is 9.35. The summed E-state index contributed by atoms with van der Waals surface area (Å²) >= 11 is 3.19. The molecule has 3 N–H and O–H groups in total. The molecule has 2 aromatic heterocycles. The molecular formula is C10H14N4OS2. The first-order chi connectivity index (χ1) is 8.26. The number of H-pyrrole nitrogens is 1. The predicted molar refractivity (Wildman–Crippen MR) is 70.5 cm³/mol. The number of thioether (sulfide) groups is 1. The Hall–Kier alpha value is -1.05. The van der Waals surface area contributed by atoms with Crippen LogP contribution < -0.4 is 11.4 Å². The minimum Gasteiger partial charge on any atom is -0.329 e. The molecule has 1 unspecified atom stereocenters. The number of aromatic nitrogens is 3. The molecule has 0 saturated carbocycles. The van der Waals surface area contributed by atoms with E-state index in [2.05, 4.69) is 16.3 Å². The number of aromatic amines is 1. The zero-order valence-electron chi connectivity index (χ0n) is 9.42. The Kier molecular flexibility index (Phi) is 4.03. The molecule has 2 aromatic rings. The van der Waals surface area contributed by atoms with Crippen LogP contribution in [0, 0.1) is 0 Å². The predicted octanol–water partition coefficient (Wildman–Crippen LogP) is 1.44. The zero-order valence-corrected chi connectivity index (χ0v) is 11.1. The van der Waals surface area contributed by atoms with E-state index in [1.54, 1.807) is 15.9 Å². The average Bonchev–Trinajstić information content (AvgIpc) is 2.95. The third-order valence-corrected chi connectivity index (χ3v) is 4.75. The quantitative estimate of drug-likeness (QED) is 0.806. The summed E-state index contributed by atoms with van der Waals surface area (Å²) in [4.78, 5) is 12.6. The van der Waals surface area contributed by atoms with Gasteiger partial charge in [0.15, 0.2) is 5.16 Å². The summed E-state index contributed by atoms with van der Waals surface area (Å²) in [6.07, 6.45) is 0. The fraction of sp³-hybridized carbons (Fsp3) is 0.400. The molecule has 17 heavy (non-hydrogen) atoms. The van der Waals surface area contributed by atoms with E-state index >= 15 is 0 Å². The van der Waals surface area contributed by atoms with Crippen LogP contribution in [0.25, 0.3) is 0 Å². The second-order valence-corrected chi connectivity index (χ2v) is 5.56. The van der Waals surface area contributed by atoms with Gasteiger partial charge in [0.05, 0.1) is 5.25 Å². The van der Waals surface area contributed by atoms with Gasteiger partial charge in [0.25, 0.3) is 0 Å². The van der Waals surface area contributed by atoms with E-state index in [-0.39, 0.29) is 10.9 Å². The van der Waals surface area contributed by atoms with Crippen molar-refractivity contribution >= 4 is 23.1 Å². The lowest BCUT2D eigenvalue weighted by Crippen LogP contribution is -2.17. The summed E-state index contributed by atoms with van der Waals surface area (Å²) < 4.78 is 1.61. The number of rotatable bonds is 5. The molecule has 0 amide bonds. The summed E-state index contributed by atoms with van der Waals surface area (Å²) in [5.41, 5.74) is 5.60. The van der Waals surface area contributed by atoms with E-state index in [1.165, 1.54) is 16.6 Å². The van der Waals surface area contributed by atoms with Crippen LogP contribution in [0.4, 0.5) is 0 Å². The first-order valence-corrected chi connectivity index (χ1v) is 7.07. The molecule has 5 nitrogen and oxygen atoms in total. The molecule has 2 rings (SSSR count). The van der Waals surface area contributed by atoms with Crippen molar-refractivity contribution in [3.63, 3.8) is 0 Å². The number of nitrogens with one attached hydrogen (secondary N) is 1. The van der Waals surface area contributed by atoms with Crippen LogP contribution >= 0.6 is 23.1 Å². The molecule has 0 aliphatic rings. The highest BCUT2D eigenvalue weighted by Crippen LogP contribution is 2.34. The van der Waals surface area contributed by atoms with E-state index in [9.17, 15) is 4.79 Å². The molecule has 92 valence electrons. The highest BCUT2D eigenvalue weighted by Gasteiger charge is 2.16. The van der Waals surface area contributed by atoms with Gasteiger partial charge in [-0.15, -0.1) is 16.4 Å². The van der Waals surface area contributed by atoms with Crippen LogP contribution in [0.1, 0.15) is 17.1 Å². The van der Waals surface area contributed by atoms with Gasteiger partial charge in [0.1, 0.15) is 0 Å². The van der Waals surface area contributed by atoms with Crippen molar-refractivity contribution in [2.75, 3.05) is 6.54 Å². The topological polar surface area (TPSA) is 76.7 Å². The maximum atomic E-state index is 11.4. The molecule has 0 aromatic carbocycles. The number of nitrogens with two attached hydrogens (primary N) is 1. The smallest absolute Gasteiger partial charge is 0.329 e. The van der Waals surface area contributed by atoms with Crippen molar-refractivity contribution in [2.24, 2.45) is 5.73 Å². The Bertz CT molecular complexity index is 517. The Balaban J connectivity index is 2.21. The monoisotopic (exact) mass is 270 g/mol. The van der Waals surface area contributed by atoms with Crippen LogP contribution in [0.15, 0.2) is 27.5 Å². The molecule has 0 fully saturated rings. The Labute approximate surface area is 107 Å². The largest absolute Gasteiger partial charge is 0.343 e. The maximum absolute atomic E-state index is 11.4. The van der Waals surface area contributed by atoms with Crippen LogP contribution in [-0.2, 0) is 6.54 Å². The van der Waals surface area contributed by atoms with Crippen LogP contribution in [0.2, 0.25) is 0 Å². The number of hydrogen-bond donors (Lipinski definition) is 2. The lowest BCUT2D eigenvalue weighted by atomic mass is 10.3. The first kappa shape index (κ1) is 12.4. The number of hydrogen-bond acceptors (Lipinski definition) is 5. The van der Waals surface area contributed by atoms with Crippen molar-refractivity contribution in [3.8, 4) is 0 Å². The molecule has 2 heterocycles. The average molecular weight is 270 g/mol. The van der Waals surface area contributed by atoms with Crippen molar-refractivity contribution in [3.05, 3.63) is 32.9 Å². The number of thiophene rings is 1. The van der Waals surface area contributed by atoms with Gasteiger partial charge in [-0.05, 0) is 18.4 Å². The van der Waals surface area contributed by atoms with Crippen LogP contribution in [0.3, 0.4) is 0 Å². The molecule has 0 radical (unpaired) electrons. The fourth-order valence-electron chi connectivity index (χ4n) is 1.50. The lowest BCUT2D eigenvalue weighted by Gasteiger charge is -2.11. The minimum atomic E-state index is -0.169. The van der Waals surface area contributed by atoms with E-state index in [4.69, 9.17) is 5.73 Å². The SMILES string of the molecule is CCn1c(SC(CN)c2cccs2)n[nH]c1=O. The fourth-order valence-corrected chi connectivity index (χ4v) is 3.51. The number of nitrogens with zero attached hydrogens (tertiary/aromatic N) is 2. The third-order valence-electron chi connectivity index (χ3n) is 2.36. The molecule has 7 heteroatoms. The molecule has 0 aliphatic carbocycles. The van der Waals surface area contributed by atoms with Crippen molar-refractivity contribution in [2.45, 2.75) is 23.9 Å². The highest BCUT2D eigenvalue weighted by molar-refractivity contribution is 7.99. The lowest BCUT2D eigenvalue weighted by molar-refractivity contribution is 0.658.